The van der Waals surface area contributed by atoms with Crippen molar-refractivity contribution in [3.05, 3.63) is 29.1 Å². The molecule has 0 saturated carbocycles. The minimum absolute atomic E-state index is 0.113. The van der Waals surface area contributed by atoms with Gasteiger partial charge in [0.15, 0.2) is 0 Å². The van der Waals surface area contributed by atoms with Crippen molar-refractivity contribution < 1.29 is 14.0 Å². The second-order valence-corrected chi connectivity index (χ2v) is 4.13. The maximum absolute atomic E-state index is 13.8. The molecule has 0 fully saturated rings. The van der Waals surface area contributed by atoms with Crippen LogP contribution in [-0.2, 0) is 4.84 Å². The average molecular weight is 240 g/mol. The topological polar surface area (TPSA) is 50.4 Å². The Morgan fingerprint density at radius 2 is 2.06 bits per heavy atom. The highest BCUT2D eigenvalue weighted by molar-refractivity contribution is 5.89. The molecule has 0 bridgehead atoms. The number of hydroxylamine groups is 1. The first-order chi connectivity index (χ1) is 7.95. The lowest BCUT2D eigenvalue weighted by Crippen LogP contribution is -2.28. The Balaban J connectivity index is 3.08. The summed E-state index contributed by atoms with van der Waals surface area (Å²) in [7, 11) is 1.31. The maximum Gasteiger partial charge on any atom is 0.343 e. The van der Waals surface area contributed by atoms with E-state index in [9.17, 15) is 9.18 Å². The van der Waals surface area contributed by atoms with Gasteiger partial charge in [-0.25, -0.2) is 14.7 Å². The summed E-state index contributed by atoms with van der Waals surface area (Å²) in [5, 5.41) is 2.44. The molecule has 1 aromatic rings. The summed E-state index contributed by atoms with van der Waals surface area (Å²) in [5.41, 5.74) is 3.86. The van der Waals surface area contributed by atoms with Crippen LogP contribution >= 0.6 is 0 Å². The summed E-state index contributed by atoms with van der Waals surface area (Å²) in [6.07, 6.45) is 0. The molecule has 0 aliphatic carbocycles. The first kappa shape index (κ1) is 13.4. The Labute approximate surface area is 100 Å². The molecule has 0 radical (unpaired) electrons. The molecular formula is C12H17FN2O2. The number of urea groups is 1. The van der Waals surface area contributed by atoms with Crippen molar-refractivity contribution in [3.63, 3.8) is 0 Å². The SMILES string of the molecule is CONC(=O)Nc1c(F)cc(C)cc1C(C)C. The van der Waals surface area contributed by atoms with Crippen LogP contribution in [0.3, 0.4) is 0 Å². The van der Waals surface area contributed by atoms with Crippen molar-refractivity contribution in [2.75, 3.05) is 12.4 Å². The molecule has 4 nitrogen and oxygen atoms in total. The average Bonchev–Trinajstić information content (AvgIpc) is 2.21. The molecule has 2 N–H and O–H groups in total. The Bertz CT molecular complexity index is 419. The number of anilines is 1. The number of carbonyl (C=O) groups is 1. The molecule has 0 atom stereocenters. The lowest BCUT2D eigenvalue weighted by Gasteiger charge is -2.15. The molecule has 0 saturated heterocycles. The van der Waals surface area contributed by atoms with Gasteiger partial charge >= 0.3 is 6.03 Å². The van der Waals surface area contributed by atoms with E-state index in [4.69, 9.17) is 0 Å². The third-order valence-corrected chi connectivity index (χ3v) is 2.32. The van der Waals surface area contributed by atoms with Gasteiger partial charge in [-0.05, 0) is 30.0 Å². The zero-order chi connectivity index (χ0) is 13.0. The van der Waals surface area contributed by atoms with Gasteiger partial charge in [0.2, 0.25) is 0 Å². The quantitative estimate of drug-likeness (QED) is 0.798. The number of hydrogen-bond donors (Lipinski definition) is 2. The molecule has 94 valence electrons. The highest BCUT2D eigenvalue weighted by atomic mass is 19.1. The van der Waals surface area contributed by atoms with Crippen molar-refractivity contribution in [2.45, 2.75) is 26.7 Å². The fraction of sp³-hybridized carbons (Fsp3) is 0.417. The molecule has 0 spiro atoms. The van der Waals surface area contributed by atoms with E-state index in [-0.39, 0.29) is 11.6 Å². The van der Waals surface area contributed by atoms with Crippen LogP contribution in [-0.4, -0.2) is 13.1 Å². The normalized spacial score (nSPS) is 10.5. The Kier molecular flexibility index (Phi) is 4.45. The van der Waals surface area contributed by atoms with Crippen LogP contribution in [0.5, 0.6) is 0 Å². The number of hydrogen-bond acceptors (Lipinski definition) is 2. The van der Waals surface area contributed by atoms with E-state index in [0.29, 0.717) is 0 Å². The van der Waals surface area contributed by atoms with Gasteiger partial charge in [0.05, 0.1) is 12.8 Å². The van der Waals surface area contributed by atoms with Crippen LogP contribution in [0, 0.1) is 12.7 Å². The monoisotopic (exact) mass is 240 g/mol. The van der Waals surface area contributed by atoms with E-state index < -0.39 is 11.8 Å². The number of amides is 2. The molecule has 5 heteroatoms. The Morgan fingerprint density at radius 3 is 2.59 bits per heavy atom. The summed E-state index contributed by atoms with van der Waals surface area (Å²) in [4.78, 5) is 15.8. The lowest BCUT2D eigenvalue weighted by molar-refractivity contribution is 0.114. The third kappa shape index (κ3) is 3.42. The maximum atomic E-state index is 13.8. The molecule has 0 aromatic heterocycles. The first-order valence-corrected chi connectivity index (χ1v) is 5.35. The number of aryl methyl sites for hydroxylation is 1. The molecule has 17 heavy (non-hydrogen) atoms. The van der Waals surface area contributed by atoms with Gasteiger partial charge in [0.25, 0.3) is 0 Å². The van der Waals surface area contributed by atoms with Crippen molar-refractivity contribution in [2.24, 2.45) is 0 Å². The summed E-state index contributed by atoms with van der Waals surface area (Å²) < 4.78 is 13.8. The Hall–Kier alpha value is -1.62. The largest absolute Gasteiger partial charge is 0.343 e. The molecule has 0 aliphatic heterocycles. The van der Waals surface area contributed by atoms with Crippen LogP contribution in [0.4, 0.5) is 14.9 Å². The fourth-order valence-corrected chi connectivity index (χ4v) is 1.59. The predicted molar refractivity (Wildman–Crippen MR) is 64.4 cm³/mol. The third-order valence-electron chi connectivity index (χ3n) is 2.32. The predicted octanol–water partition coefficient (Wildman–Crippen LogP) is 2.94. The van der Waals surface area contributed by atoms with Gasteiger partial charge < -0.3 is 5.32 Å². The van der Waals surface area contributed by atoms with Crippen molar-refractivity contribution in [3.8, 4) is 0 Å². The standard InChI is InChI=1S/C12H17FN2O2/c1-7(2)9-5-8(3)6-10(13)11(9)14-12(16)15-17-4/h5-7H,1-4H3,(H2,14,15,16). The van der Waals surface area contributed by atoms with E-state index >= 15 is 0 Å². The smallest absolute Gasteiger partial charge is 0.303 e. The van der Waals surface area contributed by atoms with Gasteiger partial charge in [0.1, 0.15) is 5.82 Å². The van der Waals surface area contributed by atoms with Crippen molar-refractivity contribution >= 4 is 11.7 Å². The van der Waals surface area contributed by atoms with Gasteiger partial charge in [-0.2, -0.15) is 0 Å². The van der Waals surface area contributed by atoms with E-state index in [2.05, 4.69) is 15.6 Å². The van der Waals surface area contributed by atoms with E-state index in [0.717, 1.165) is 11.1 Å². The molecule has 1 aromatic carbocycles. The molecule has 2 amide bonds. The number of carbonyl (C=O) groups excluding carboxylic acids is 1. The van der Waals surface area contributed by atoms with Crippen LogP contribution in [0.25, 0.3) is 0 Å². The van der Waals surface area contributed by atoms with E-state index in [1.54, 1.807) is 0 Å². The molecule has 1 rings (SSSR count). The van der Waals surface area contributed by atoms with Crippen molar-refractivity contribution in [1.29, 1.82) is 0 Å². The second-order valence-electron chi connectivity index (χ2n) is 4.13. The van der Waals surface area contributed by atoms with Gasteiger partial charge in [-0.15, -0.1) is 0 Å². The summed E-state index contributed by atoms with van der Waals surface area (Å²) >= 11 is 0. The van der Waals surface area contributed by atoms with Gasteiger partial charge in [-0.1, -0.05) is 19.9 Å². The second kappa shape index (κ2) is 5.63. The van der Waals surface area contributed by atoms with E-state index in [1.165, 1.54) is 13.2 Å². The zero-order valence-corrected chi connectivity index (χ0v) is 10.4. The zero-order valence-electron chi connectivity index (χ0n) is 10.4. The highest BCUT2D eigenvalue weighted by Gasteiger charge is 2.15. The molecular weight excluding hydrogens is 223 g/mol. The number of nitrogens with one attached hydrogen (secondary N) is 2. The van der Waals surface area contributed by atoms with E-state index in [1.807, 2.05) is 26.8 Å². The minimum atomic E-state index is -0.600. The van der Waals surface area contributed by atoms with Crippen LogP contribution in [0.2, 0.25) is 0 Å². The minimum Gasteiger partial charge on any atom is -0.303 e. The highest BCUT2D eigenvalue weighted by Crippen LogP contribution is 2.28. The lowest BCUT2D eigenvalue weighted by atomic mass is 9.98. The van der Waals surface area contributed by atoms with Crippen LogP contribution in [0.1, 0.15) is 30.9 Å². The first-order valence-electron chi connectivity index (χ1n) is 5.35. The summed E-state index contributed by atoms with van der Waals surface area (Å²) in [6.45, 7) is 5.69. The van der Waals surface area contributed by atoms with Gasteiger partial charge in [0, 0.05) is 0 Å². The summed E-state index contributed by atoms with van der Waals surface area (Å²) in [6, 6.07) is 2.64. The molecule has 0 aliphatic rings. The summed E-state index contributed by atoms with van der Waals surface area (Å²) in [5.74, 6) is -0.331. The van der Waals surface area contributed by atoms with Gasteiger partial charge in [-0.3, -0.25) is 4.84 Å². The number of benzene rings is 1. The molecule has 0 heterocycles. The van der Waals surface area contributed by atoms with Crippen LogP contribution < -0.4 is 10.8 Å². The van der Waals surface area contributed by atoms with Crippen LogP contribution in [0.15, 0.2) is 12.1 Å². The number of halogens is 1. The Morgan fingerprint density at radius 1 is 1.41 bits per heavy atom. The van der Waals surface area contributed by atoms with Crippen molar-refractivity contribution in [1.82, 2.24) is 5.48 Å². The number of rotatable bonds is 3. The molecule has 0 unspecified atom stereocenters. The fourth-order valence-electron chi connectivity index (χ4n) is 1.59.